The molecule has 18 heavy (non-hydrogen) atoms. The summed E-state index contributed by atoms with van der Waals surface area (Å²) >= 11 is 0. The van der Waals surface area contributed by atoms with Crippen molar-refractivity contribution < 1.29 is 9.53 Å². The van der Waals surface area contributed by atoms with Crippen LogP contribution in [0.4, 0.5) is 0 Å². The molecule has 1 aromatic rings. The summed E-state index contributed by atoms with van der Waals surface area (Å²) in [6.07, 6.45) is 0. The first-order chi connectivity index (χ1) is 8.27. The fourth-order valence-electron chi connectivity index (χ4n) is 1.87. The number of carbonyl (C=O) groups is 1. The van der Waals surface area contributed by atoms with Crippen LogP contribution in [0.3, 0.4) is 0 Å². The van der Waals surface area contributed by atoms with Gasteiger partial charge in [0.25, 0.3) is 0 Å². The molecular formula is C13H23N3O2. The molecule has 0 radical (unpaired) electrons. The number of aromatic nitrogens is 3. The highest BCUT2D eigenvalue weighted by atomic mass is 16.5. The van der Waals surface area contributed by atoms with Gasteiger partial charge in [-0.25, -0.2) is 9.48 Å². The average Bonchev–Trinajstić information content (AvgIpc) is 2.60. The normalized spacial score (nSPS) is 11.9. The highest BCUT2D eigenvalue weighted by Crippen LogP contribution is 2.25. The van der Waals surface area contributed by atoms with Gasteiger partial charge in [0.1, 0.15) is 0 Å². The van der Waals surface area contributed by atoms with Gasteiger partial charge in [0.05, 0.1) is 12.3 Å². The first-order valence-corrected chi connectivity index (χ1v) is 6.38. The van der Waals surface area contributed by atoms with Gasteiger partial charge in [0.2, 0.25) is 0 Å². The number of nitrogens with zero attached hydrogens (tertiary/aromatic N) is 3. The summed E-state index contributed by atoms with van der Waals surface area (Å²) < 4.78 is 6.84. The van der Waals surface area contributed by atoms with Gasteiger partial charge in [0.15, 0.2) is 5.69 Å². The van der Waals surface area contributed by atoms with Crippen molar-refractivity contribution in [3.63, 3.8) is 0 Å². The molecule has 0 fully saturated rings. The number of rotatable bonds is 4. The molecular weight excluding hydrogens is 230 g/mol. The molecule has 1 rings (SSSR count). The lowest BCUT2D eigenvalue weighted by Crippen LogP contribution is -2.23. The minimum Gasteiger partial charge on any atom is -0.461 e. The third kappa shape index (κ3) is 3.31. The number of hydrogen-bond acceptors (Lipinski definition) is 4. The number of carbonyl (C=O) groups excluding carboxylic acids is 1. The Labute approximate surface area is 109 Å². The Kier molecular flexibility index (Phi) is 4.48. The van der Waals surface area contributed by atoms with Gasteiger partial charge in [-0.1, -0.05) is 39.8 Å². The second-order valence-electron chi connectivity index (χ2n) is 5.83. The van der Waals surface area contributed by atoms with Crippen molar-refractivity contribution in [2.75, 3.05) is 6.61 Å². The Morgan fingerprint density at radius 2 is 2.00 bits per heavy atom. The van der Waals surface area contributed by atoms with Gasteiger partial charge < -0.3 is 4.74 Å². The Morgan fingerprint density at radius 1 is 1.39 bits per heavy atom. The number of hydrogen-bond donors (Lipinski definition) is 0. The number of esters is 1. The zero-order valence-corrected chi connectivity index (χ0v) is 12.1. The molecule has 0 aliphatic heterocycles. The van der Waals surface area contributed by atoms with E-state index >= 15 is 0 Å². The van der Waals surface area contributed by atoms with Crippen LogP contribution < -0.4 is 0 Å². The molecule has 0 aliphatic carbocycles. The van der Waals surface area contributed by atoms with E-state index in [-0.39, 0.29) is 5.41 Å². The molecule has 0 aliphatic rings. The van der Waals surface area contributed by atoms with Crippen LogP contribution in [0.2, 0.25) is 0 Å². The van der Waals surface area contributed by atoms with Crippen LogP contribution in [0.15, 0.2) is 0 Å². The molecule has 0 saturated carbocycles. The van der Waals surface area contributed by atoms with E-state index < -0.39 is 5.97 Å². The second kappa shape index (κ2) is 5.50. The van der Waals surface area contributed by atoms with Crippen LogP contribution in [0.25, 0.3) is 0 Å². The van der Waals surface area contributed by atoms with Gasteiger partial charge >= 0.3 is 5.97 Å². The van der Waals surface area contributed by atoms with E-state index in [0.717, 1.165) is 12.2 Å². The maximum absolute atomic E-state index is 11.9. The second-order valence-corrected chi connectivity index (χ2v) is 5.83. The Balaban J connectivity index is 3.20. The highest BCUT2D eigenvalue weighted by molar-refractivity contribution is 5.88. The van der Waals surface area contributed by atoms with Crippen LogP contribution in [0.5, 0.6) is 0 Å². The molecule has 0 unspecified atom stereocenters. The lowest BCUT2D eigenvalue weighted by atomic mass is 9.90. The molecule has 1 aromatic heterocycles. The smallest absolute Gasteiger partial charge is 0.360 e. The summed E-state index contributed by atoms with van der Waals surface area (Å²) in [6.45, 7) is 13.2. The summed E-state index contributed by atoms with van der Waals surface area (Å²) in [7, 11) is 0. The molecule has 0 aromatic carbocycles. The van der Waals surface area contributed by atoms with Crippen molar-refractivity contribution in [1.82, 2.24) is 15.0 Å². The standard InChI is InChI=1S/C13H23N3O2/c1-7-18-12(17)10-11(13(4,5)6)16(15-14-10)8-9(2)3/h9H,7-8H2,1-6H3. The van der Waals surface area contributed by atoms with Gasteiger partial charge in [-0.05, 0) is 12.8 Å². The van der Waals surface area contributed by atoms with E-state index in [1.807, 2.05) is 25.5 Å². The molecule has 5 nitrogen and oxygen atoms in total. The zero-order valence-electron chi connectivity index (χ0n) is 12.1. The monoisotopic (exact) mass is 253 g/mol. The molecule has 0 spiro atoms. The van der Waals surface area contributed by atoms with Gasteiger partial charge in [-0.3, -0.25) is 0 Å². The van der Waals surface area contributed by atoms with E-state index in [9.17, 15) is 4.79 Å². The third-order valence-electron chi connectivity index (χ3n) is 2.45. The van der Waals surface area contributed by atoms with Crippen molar-refractivity contribution in [2.24, 2.45) is 5.92 Å². The van der Waals surface area contributed by atoms with E-state index in [2.05, 4.69) is 24.2 Å². The predicted molar refractivity (Wildman–Crippen MR) is 69.5 cm³/mol. The predicted octanol–water partition coefficient (Wildman–Crippen LogP) is 2.41. The van der Waals surface area contributed by atoms with Crippen molar-refractivity contribution in [2.45, 2.75) is 53.5 Å². The van der Waals surface area contributed by atoms with Crippen LogP contribution in [-0.4, -0.2) is 27.6 Å². The van der Waals surface area contributed by atoms with Crippen LogP contribution in [-0.2, 0) is 16.7 Å². The van der Waals surface area contributed by atoms with Gasteiger partial charge in [-0.2, -0.15) is 0 Å². The molecule has 0 N–H and O–H groups in total. The minimum absolute atomic E-state index is 0.194. The lowest BCUT2D eigenvalue weighted by Gasteiger charge is -2.21. The summed E-state index contributed by atoms with van der Waals surface area (Å²) in [5.41, 5.74) is 0.986. The van der Waals surface area contributed by atoms with Crippen molar-refractivity contribution in [1.29, 1.82) is 0 Å². The molecule has 0 saturated heterocycles. The molecule has 102 valence electrons. The van der Waals surface area contributed by atoms with Crippen LogP contribution in [0, 0.1) is 5.92 Å². The first-order valence-electron chi connectivity index (χ1n) is 6.38. The summed E-state index contributed by atoms with van der Waals surface area (Å²) in [5.74, 6) is 0.0558. The lowest BCUT2D eigenvalue weighted by molar-refractivity contribution is 0.0516. The van der Waals surface area contributed by atoms with Crippen LogP contribution >= 0.6 is 0 Å². The largest absolute Gasteiger partial charge is 0.461 e. The van der Waals surface area contributed by atoms with Crippen molar-refractivity contribution in [3.05, 3.63) is 11.4 Å². The van der Waals surface area contributed by atoms with Gasteiger partial charge in [0, 0.05) is 12.0 Å². The van der Waals surface area contributed by atoms with E-state index in [1.54, 1.807) is 6.92 Å². The van der Waals surface area contributed by atoms with Crippen molar-refractivity contribution >= 4 is 5.97 Å². The summed E-state index contributed by atoms with van der Waals surface area (Å²) in [6, 6.07) is 0. The van der Waals surface area contributed by atoms with Crippen molar-refractivity contribution in [3.8, 4) is 0 Å². The van der Waals surface area contributed by atoms with E-state index in [0.29, 0.717) is 18.2 Å². The summed E-state index contributed by atoms with van der Waals surface area (Å²) in [4.78, 5) is 11.9. The Bertz CT molecular complexity index is 416. The fraction of sp³-hybridized carbons (Fsp3) is 0.769. The SMILES string of the molecule is CCOC(=O)c1nnn(CC(C)C)c1C(C)(C)C. The average molecular weight is 253 g/mol. The molecule has 5 heteroatoms. The van der Waals surface area contributed by atoms with E-state index in [4.69, 9.17) is 4.74 Å². The maximum Gasteiger partial charge on any atom is 0.360 e. The molecule has 0 atom stereocenters. The van der Waals surface area contributed by atoms with Gasteiger partial charge in [-0.15, -0.1) is 5.10 Å². The van der Waals surface area contributed by atoms with E-state index in [1.165, 1.54) is 0 Å². The Hall–Kier alpha value is -1.39. The summed E-state index contributed by atoms with van der Waals surface area (Å²) in [5, 5.41) is 8.08. The number of ether oxygens (including phenoxy) is 1. The topological polar surface area (TPSA) is 57.0 Å². The fourth-order valence-corrected chi connectivity index (χ4v) is 1.87. The molecule has 1 heterocycles. The zero-order chi connectivity index (χ0) is 13.9. The van der Waals surface area contributed by atoms with Crippen LogP contribution in [0.1, 0.15) is 57.7 Å². The highest BCUT2D eigenvalue weighted by Gasteiger charge is 2.29. The maximum atomic E-state index is 11.9. The first kappa shape index (κ1) is 14.7. The molecule has 0 amide bonds. The minimum atomic E-state index is -0.391. The third-order valence-corrected chi connectivity index (χ3v) is 2.45. The molecule has 0 bridgehead atoms. The Morgan fingerprint density at radius 3 is 2.44 bits per heavy atom. The quantitative estimate of drug-likeness (QED) is 0.773.